The standard InChI is InChI=1S/C9H4Cl4N2O/c10-4-1-5-6(7(16)9(11,12)13)3-15-8(5)14-2-4/h1-3H,(H,14,15). The lowest BCUT2D eigenvalue weighted by atomic mass is 10.1. The van der Waals surface area contributed by atoms with Gasteiger partial charge in [0.2, 0.25) is 5.78 Å². The van der Waals surface area contributed by atoms with Crippen LogP contribution in [0.15, 0.2) is 18.5 Å². The molecule has 84 valence electrons. The number of aromatic amines is 1. The molecular formula is C9H4Cl4N2O. The molecule has 1 N–H and O–H groups in total. The second kappa shape index (κ2) is 4.08. The van der Waals surface area contributed by atoms with Gasteiger partial charge in [0.15, 0.2) is 0 Å². The highest BCUT2D eigenvalue weighted by molar-refractivity contribution is 6.77. The lowest BCUT2D eigenvalue weighted by molar-refractivity contribution is 0.0998. The van der Waals surface area contributed by atoms with Gasteiger partial charge in [-0.15, -0.1) is 0 Å². The first kappa shape index (κ1) is 12.0. The van der Waals surface area contributed by atoms with Gasteiger partial charge in [0, 0.05) is 23.3 Å². The van der Waals surface area contributed by atoms with E-state index in [1.165, 1.54) is 12.4 Å². The van der Waals surface area contributed by atoms with E-state index in [9.17, 15) is 4.79 Å². The van der Waals surface area contributed by atoms with Gasteiger partial charge in [-0.1, -0.05) is 46.4 Å². The fourth-order valence-electron chi connectivity index (χ4n) is 1.32. The zero-order chi connectivity index (χ0) is 11.9. The van der Waals surface area contributed by atoms with Crippen LogP contribution in [0.2, 0.25) is 5.02 Å². The highest BCUT2D eigenvalue weighted by Gasteiger charge is 2.33. The van der Waals surface area contributed by atoms with Crippen LogP contribution in [0.4, 0.5) is 0 Å². The van der Waals surface area contributed by atoms with Gasteiger partial charge < -0.3 is 4.98 Å². The van der Waals surface area contributed by atoms with Gasteiger partial charge in [-0.25, -0.2) is 4.98 Å². The van der Waals surface area contributed by atoms with Crippen molar-refractivity contribution < 1.29 is 4.79 Å². The molecule has 0 aliphatic carbocycles. The Balaban J connectivity index is 2.62. The Morgan fingerprint density at radius 3 is 2.69 bits per heavy atom. The number of pyridine rings is 1. The first-order valence-electron chi connectivity index (χ1n) is 4.14. The minimum Gasteiger partial charge on any atom is -0.345 e. The van der Waals surface area contributed by atoms with E-state index in [1.807, 2.05) is 0 Å². The number of aromatic nitrogens is 2. The zero-order valence-corrected chi connectivity index (χ0v) is 10.6. The number of alkyl halides is 3. The Labute approximate surface area is 111 Å². The maximum absolute atomic E-state index is 11.8. The van der Waals surface area contributed by atoms with Crippen molar-refractivity contribution in [3.63, 3.8) is 0 Å². The molecule has 0 amide bonds. The van der Waals surface area contributed by atoms with Crippen LogP contribution < -0.4 is 0 Å². The summed E-state index contributed by atoms with van der Waals surface area (Å²) >= 11 is 22.4. The molecule has 2 aromatic rings. The maximum Gasteiger partial charge on any atom is 0.253 e. The Morgan fingerprint density at radius 2 is 2.06 bits per heavy atom. The SMILES string of the molecule is O=C(c1c[nH]c2ncc(Cl)cc12)C(Cl)(Cl)Cl. The molecule has 2 heterocycles. The second-order valence-electron chi connectivity index (χ2n) is 3.08. The molecule has 0 fully saturated rings. The number of ketones is 1. The average Bonchev–Trinajstić information content (AvgIpc) is 2.57. The molecule has 0 unspecified atom stereocenters. The minimum absolute atomic E-state index is 0.255. The number of Topliss-reactive ketones (excluding diaryl/α,β-unsaturated/α-hetero) is 1. The summed E-state index contributed by atoms with van der Waals surface area (Å²) in [5.41, 5.74) is 0.770. The van der Waals surface area contributed by atoms with E-state index in [2.05, 4.69) is 9.97 Å². The molecule has 0 spiro atoms. The third kappa shape index (κ3) is 2.13. The predicted molar refractivity (Wildman–Crippen MR) is 65.7 cm³/mol. The van der Waals surface area contributed by atoms with Crippen LogP contribution in [0, 0.1) is 0 Å². The van der Waals surface area contributed by atoms with Gasteiger partial charge in [0.05, 0.1) is 5.02 Å². The van der Waals surface area contributed by atoms with Gasteiger partial charge in [-0.3, -0.25) is 4.79 Å². The van der Waals surface area contributed by atoms with Crippen molar-refractivity contribution in [2.75, 3.05) is 0 Å². The molecule has 2 rings (SSSR count). The quantitative estimate of drug-likeness (QED) is 0.643. The molecule has 3 nitrogen and oxygen atoms in total. The third-order valence-electron chi connectivity index (χ3n) is 2.00. The molecule has 0 saturated heterocycles. The Morgan fingerprint density at radius 1 is 1.38 bits per heavy atom. The van der Waals surface area contributed by atoms with Crippen LogP contribution in [0.3, 0.4) is 0 Å². The number of H-pyrrole nitrogens is 1. The molecule has 0 bridgehead atoms. The van der Waals surface area contributed by atoms with Crippen molar-refractivity contribution in [3.8, 4) is 0 Å². The topological polar surface area (TPSA) is 45.8 Å². The van der Waals surface area contributed by atoms with E-state index in [1.54, 1.807) is 6.07 Å². The van der Waals surface area contributed by atoms with Gasteiger partial charge in [-0.05, 0) is 6.07 Å². The van der Waals surface area contributed by atoms with E-state index in [0.29, 0.717) is 16.1 Å². The van der Waals surface area contributed by atoms with Crippen molar-refractivity contribution in [2.24, 2.45) is 0 Å². The first-order valence-corrected chi connectivity index (χ1v) is 5.65. The maximum atomic E-state index is 11.8. The van der Waals surface area contributed by atoms with Gasteiger partial charge >= 0.3 is 0 Å². The van der Waals surface area contributed by atoms with Crippen LogP contribution in [0.25, 0.3) is 11.0 Å². The van der Waals surface area contributed by atoms with Crippen LogP contribution in [0.1, 0.15) is 10.4 Å². The number of rotatable bonds is 1. The molecule has 2 aromatic heterocycles. The number of carbonyl (C=O) groups is 1. The number of fused-ring (bicyclic) bond motifs is 1. The van der Waals surface area contributed by atoms with E-state index in [4.69, 9.17) is 46.4 Å². The van der Waals surface area contributed by atoms with Crippen molar-refractivity contribution >= 4 is 63.2 Å². The van der Waals surface area contributed by atoms with Crippen molar-refractivity contribution in [1.29, 1.82) is 0 Å². The summed E-state index contributed by atoms with van der Waals surface area (Å²) in [4.78, 5) is 18.6. The second-order valence-corrected chi connectivity index (χ2v) is 5.80. The summed E-state index contributed by atoms with van der Waals surface area (Å²) in [5, 5.41) is 0.939. The summed E-state index contributed by atoms with van der Waals surface area (Å²) in [6.07, 6.45) is 2.90. The smallest absolute Gasteiger partial charge is 0.253 e. The number of nitrogens with one attached hydrogen (secondary N) is 1. The molecule has 0 aliphatic rings. The Bertz CT molecular complexity index is 558. The van der Waals surface area contributed by atoms with Crippen LogP contribution in [-0.4, -0.2) is 19.5 Å². The first-order chi connectivity index (χ1) is 7.39. The van der Waals surface area contributed by atoms with Crippen molar-refractivity contribution in [3.05, 3.63) is 29.0 Å². The Kier molecular flexibility index (Phi) is 3.05. The summed E-state index contributed by atoms with van der Waals surface area (Å²) in [5.74, 6) is -0.618. The van der Waals surface area contributed by atoms with Crippen LogP contribution in [0.5, 0.6) is 0 Å². The van der Waals surface area contributed by atoms with Gasteiger partial charge in [-0.2, -0.15) is 0 Å². The van der Waals surface area contributed by atoms with E-state index in [-0.39, 0.29) is 5.56 Å². The van der Waals surface area contributed by atoms with Crippen molar-refractivity contribution in [1.82, 2.24) is 9.97 Å². The van der Waals surface area contributed by atoms with Gasteiger partial charge in [0.1, 0.15) is 5.65 Å². The molecular weight excluding hydrogens is 294 g/mol. The molecule has 7 heteroatoms. The predicted octanol–water partition coefficient (Wildman–Crippen LogP) is 3.77. The molecule has 0 atom stereocenters. The molecule has 16 heavy (non-hydrogen) atoms. The normalized spacial score (nSPS) is 12.0. The zero-order valence-electron chi connectivity index (χ0n) is 7.60. The fourth-order valence-corrected chi connectivity index (χ4v) is 1.78. The molecule has 0 aromatic carbocycles. The number of carbonyl (C=O) groups excluding carboxylic acids is 1. The molecule has 0 aliphatic heterocycles. The lowest BCUT2D eigenvalue weighted by Crippen LogP contribution is -2.18. The van der Waals surface area contributed by atoms with Gasteiger partial charge in [0.25, 0.3) is 3.79 Å². The molecule has 0 radical (unpaired) electrons. The summed E-state index contributed by atoms with van der Waals surface area (Å²) in [7, 11) is 0. The number of hydrogen-bond donors (Lipinski definition) is 1. The minimum atomic E-state index is -1.99. The molecule has 0 saturated carbocycles. The summed E-state index contributed by atoms with van der Waals surface area (Å²) < 4.78 is -1.99. The van der Waals surface area contributed by atoms with E-state index >= 15 is 0 Å². The summed E-state index contributed by atoms with van der Waals surface area (Å²) in [6, 6.07) is 1.59. The highest BCUT2D eigenvalue weighted by Crippen LogP contribution is 2.33. The van der Waals surface area contributed by atoms with E-state index in [0.717, 1.165) is 0 Å². The fraction of sp³-hybridized carbons (Fsp3) is 0.111. The van der Waals surface area contributed by atoms with Crippen LogP contribution in [-0.2, 0) is 0 Å². The van der Waals surface area contributed by atoms with Crippen LogP contribution >= 0.6 is 46.4 Å². The number of halogens is 4. The summed E-state index contributed by atoms with van der Waals surface area (Å²) in [6.45, 7) is 0. The number of hydrogen-bond acceptors (Lipinski definition) is 2. The average molecular weight is 298 g/mol. The Hall–Kier alpha value is -0.480. The lowest BCUT2D eigenvalue weighted by Gasteiger charge is -2.07. The third-order valence-corrected chi connectivity index (χ3v) is 2.72. The highest BCUT2D eigenvalue weighted by atomic mass is 35.6. The number of nitrogens with zero attached hydrogens (tertiary/aromatic N) is 1. The van der Waals surface area contributed by atoms with Crippen molar-refractivity contribution in [2.45, 2.75) is 3.79 Å². The monoisotopic (exact) mass is 296 g/mol. The largest absolute Gasteiger partial charge is 0.345 e. The van der Waals surface area contributed by atoms with E-state index < -0.39 is 9.58 Å².